The van der Waals surface area contributed by atoms with E-state index < -0.39 is 0 Å². The van der Waals surface area contributed by atoms with Crippen molar-refractivity contribution < 1.29 is 4.79 Å². The Kier molecular flexibility index (Phi) is 3.54. The molecule has 0 atom stereocenters. The van der Waals surface area contributed by atoms with Crippen LogP contribution in [0.3, 0.4) is 0 Å². The summed E-state index contributed by atoms with van der Waals surface area (Å²) < 4.78 is 1.58. The summed E-state index contributed by atoms with van der Waals surface area (Å²) in [5.41, 5.74) is 0.786. The number of aromatic nitrogens is 4. The van der Waals surface area contributed by atoms with Crippen LogP contribution in [-0.4, -0.2) is 26.0 Å². The summed E-state index contributed by atoms with van der Waals surface area (Å²) in [7, 11) is 0. The van der Waals surface area contributed by atoms with Gasteiger partial charge in [-0.15, -0.1) is 0 Å². The molecule has 0 amide bonds. The van der Waals surface area contributed by atoms with E-state index in [9.17, 15) is 4.79 Å². The number of nitrogens with zero attached hydrogens (tertiary/aromatic N) is 4. The molecule has 0 fully saturated rings. The lowest BCUT2D eigenvalue weighted by Crippen LogP contribution is -1.98. The maximum atomic E-state index is 10.1. The Hall–Kier alpha value is -2.56. The van der Waals surface area contributed by atoms with Crippen LogP contribution in [-0.2, 0) is 4.79 Å². The lowest BCUT2D eigenvalue weighted by Gasteiger charge is -1.99. The van der Waals surface area contributed by atoms with Crippen LogP contribution in [0.25, 0.3) is 11.9 Å². The Morgan fingerprint density at radius 3 is 2.88 bits per heavy atom. The van der Waals surface area contributed by atoms with Crippen molar-refractivity contribution in [3.8, 4) is 5.82 Å². The van der Waals surface area contributed by atoms with Gasteiger partial charge in [0.1, 0.15) is 18.9 Å². The van der Waals surface area contributed by atoms with Crippen LogP contribution in [0.15, 0.2) is 49.1 Å². The van der Waals surface area contributed by atoms with E-state index in [1.807, 2.05) is 18.2 Å². The minimum absolute atomic E-state index is 0.698. The van der Waals surface area contributed by atoms with E-state index in [1.54, 1.807) is 29.2 Å². The molecule has 0 aliphatic rings. The maximum Gasteiger partial charge on any atom is 0.155 e. The first kappa shape index (κ1) is 10.9. The van der Waals surface area contributed by atoms with Crippen LogP contribution < -0.4 is 0 Å². The van der Waals surface area contributed by atoms with Crippen molar-refractivity contribution in [2.45, 2.75) is 0 Å². The zero-order valence-electron chi connectivity index (χ0n) is 8.97. The molecule has 0 N–H and O–H groups in total. The zero-order valence-corrected chi connectivity index (χ0v) is 8.97. The largest absolute Gasteiger partial charge is 0.299 e. The molecule has 0 radical (unpaired) electrons. The van der Waals surface area contributed by atoms with E-state index >= 15 is 0 Å². The molecule has 0 bridgehead atoms. The van der Waals surface area contributed by atoms with Crippen molar-refractivity contribution in [2.24, 2.45) is 0 Å². The molecule has 2 aromatic rings. The molecule has 2 heterocycles. The molecule has 0 aliphatic heterocycles. The van der Waals surface area contributed by atoms with Gasteiger partial charge in [-0.05, 0) is 24.3 Å². The molecule has 5 nitrogen and oxygen atoms in total. The Labute approximate surface area is 98.1 Å². The van der Waals surface area contributed by atoms with Crippen molar-refractivity contribution in [3.63, 3.8) is 0 Å². The van der Waals surface area contributed by atoms with Crippen molar-refractivity contribution in [1.82, 2.24) is 19.7 Å². The molecule has 84 valence electrons. The van der Waals surface area contributed by atoms with Gasteiger partial charge >= 0.3 is 0 Å². The fourth-order valence-electron chi connectivity index (χ4n) is 1.25. The number of rotatable bonds is 4. The number of carbonyl (C=O) groups is 1. The highest BCUT2D eigenvalue weighted by atomic mass is 16.1. The van der Waals surface area contributed by atoms with Crippen LogP contribution in [0.5, 0.6) is 0 Å². The Balaban J connectivity index is 2.20. The molecule has 0 saturated carbocycles. The third-order valence-corrected chi connectivity index (χ3v) is 1.98. The van der Waals surface area contributed by atoms with Gasteiger partial charge in [-0.3, -0.25) is 4.79 Å². The van der Waals surface area contributed by atoms with Crippen LogP contribution in [0.1, 0.15) is 5.69 Å². The predicted molar refractivity (Wildman–Crippen MR) is 63.4 cm³/mol. The third kappa shape index (κ3) is 2.94. The first-order valence-electron chi connectivity index (χ1n) is 5.01. The average molecular weight is 226 g/mol. The lowest BCUT2D eigenvalue weighted by molar-refractivity contribution is -0.104. The zero-order chi connectivity index (χ0) is 11.9. The van der Waals surface area contributed by atoms with E-state index in [2.05, 4.69) is 15.1 Å². The number of hydrogen-bond acceptors (Lipinski definition) is 4. The summed E-state index contributed by atoms with van der Waals surface area (Å²) in [6.07, 6.45) is 10.4. The predicted octanol–water partition coefficient (Wildman–Crippen LogP) is 1.43. The molecular formula is C12H10N4O. The van der Waals surface area contributed by atoms with Gasteiger partial charge < -0.3 is 0 Å². The van der Waals surface area contributed by atoms with Gasteiger partial charge in [0.05, 0.1) is 5.69 Å². The highest BCUT2D eigenvalue weighted by Gasteiger charge is 1.97. The second kappa shape index (κ2) is 5.50. The minimum atomic E-state index is 0.698. The summed E-state index contributed by atoms with van der Waals surface area (Å²) in [4.78, 5) is 18.3. The smallest absolute Gasteiger partial charge is 0.155 e. The standard InChI is InChI=1S/C12H10N4O/c17-8-3-1-2-5-11-6-4-7-12(15-11)16-10-13-9-14-16/h1-10H. The summed E-state index contributed by atoms with van der Waals surface area (Å²) in [5, 5.41) is 4.00. The Morgan fingerprint density at radius 1 is 1.18 bits per heavy atom. The van der Waals surface area contributed by atoms with Crippen molar-refractivity contribution in [3.05, 3.63) is 54.8 Å². The Bertz CT molecular complexity index is 543. The molecule has 0 saturated heterocycles. The first-order valence-corrected chi connectivity index (χ1v) is 5.01. The quantitative estimate of drug-likeness (QED) is 0.449. The summed E-state index contributed by atoms with van der Waals surface area (Å²) in [6, 6.07) is 5.59. The van der Waals surface area contributed by atoms with Gasteiger partial charge in [-0.25, -0.2) is 14.6 Å². The van der Waals surface area contributed by atoms with Crippen molar-refractivity contribution >= 4 is 12.4 Å². The summed E-state index contributed by atoms with van der Waals surface area (Å²) in [5.74, 6) is 0.698. The second-order valence-corrected chi connectivity index (χ2v) is 3.14. The van der Waals surface area contributed by atoms with Crippen LogP contribution >= 0.6 is 0 Å². The number of hydrogen-bond donors (Lipinski definition) is 0. The van der Waals surface area contributed by atoms with Gasteiger partial charge in [-0.1, -0.05) is 18.2 Å². The number of pyridine rings is 1. The number of allylic oxidation sites excluding steroid dienone is 3. The van der Waals surface area contributed by atoms with Gasteiger partial charge in [0, 0.05) is 0 Å². The van der Waals surface area contributed by atoms with Crippen LogP contribution in [0.2, 0.25) is 0 Å². The third-order valence-electron chi connectivity index (χ3n) is 1.98. The normalized spacial score (nSPS) is 11.3. The van der Waals surface area contributed by atoms with Crippen molar-refractivity contribution in [2.75, 3.05) is 0 Å². The lowest BCUT2D eigenvalue weighted by atomic mass is 10.3. The molecule has 0 spiro atoms. The molecule has 17 heavy (non-hydrogen) atoms. The number of carbonyl (C=O) groups excluding carboxylic acids is 1. The van der Waals surface area contributed by atoms with Crippen molar-refractivity contribution in [1.29, 1.82) is 0 Å². The van der Waals surface area contributed by atoms with Gasteiger partial charge in [-0.2, -0.15) is 5.10 Å². The van der Waals surface area contributed by atoms with E-state index in [4.69, 9.17) is 0 Å². The molecule has 2 rings (SSSR count). The number of aldehydes is 1. The highest BCUT2D eigenvalue weighted by Crippen LogP contribution is 2.05. The van der Waals surface area contributed by atoms with Gasteiger partial charge in [0.25, 0.3) is 0 Å². The Morgan fingerprint density at radius 2 is 2.12 bits per heavy atom. The monoisotopic (exact) mass is 226 g/mol. The SMILES string of the molecule is O=CC=CC=Cc1cccc(-n2cncn2)n1. The molecule has 0 aliphatic carbocycles. The topological polar surface area (TPSA) is 60.7 Å². The summed E-state index contributed by atoms with van der Waals surface area (Å²) in [6.45, 7) is 0. The molecule has 0 aromatic carbocycles. The van der Waals surface area contributed by atoms with E-state index in [0.29, 0.717) is 5.82 Å². The second-order valence-electron chi connectivity index (χ2n) is 3.14. The average Bonchev–Trinajstić information content (AvgIpc) is 2.89. The van der Waals surface area contributed by atoms with Crippen LogP contribution in [0, 0.1) is 0 Å². The molecule has 5 heteroatoms. The fraction of sp³-hybridized carbons (Fsp3) is 0. The van der Waals surface area contributed by atoms with E-state index in [-0.39, 0.29) is 0 Å². The van der Waals surface area contributed by atoms with Gasteiger partial charge in [0.15, 0.2) is 5.82 Å². The molecule has 2 aromatic heterocycles. The van der Waals surface area contributed by atoms with Gasteiger partial charge in [0.2, 0.25) is 0 Å². The molecule has 0 unspecified atom stereocenters. The van der Waals surface area contributed by atoms with E-state index in [1.165, 1.54) is 12.4 Å². The van der Waals surface area contributed by atoms with Crippen LogP contribution in [0.4, 0.5) is 0 Å². The first-order chi connectivity index (χ1) is 8.40. The van der Waals surface area contributed by atoms with E-state index in [0.717, 1.165) is 12.0 Å². The molecular weight excluding hydrogens is 216 g/mol. The minimum Gasteiger partial charge on any atom is -0.299 e. The maximum absolute atomic E-state index is 10.1. The highest BCUT2D eigenvalue weighted by molar-refractivity contribution is 5.66. The summed E-state index contributed by atoms with van der Waals surface area (Å²) >= 11 is 0. The fourth-order valence-corrected chi connectivity index (χ4v) is 1.25.